The average molecular weight is 477 g/mol. The first-order chi connectivity index (χ1) is 17.8. The summed E-state index contributed by atoms with van der Waals surface area (Å²) in [5.74, 6) is 0. The van der Waals surface area contributed by atoms with E-state index in [1.165, 1.54) is 52.8 Å². The number of benzene rings is 5. The van der Waals surface area contributed by atoms with Crippen LogP contribution in [0, 0.1) is 0 Å². The molecule has 8 rings (SSSR count). The Kier molecular flexibility index (Phi) is 4.13. The molecule has 3 aromatic heterocycles. The Balaban J connectivity index is 1.52. The quantitative estimate of drug-likeness (QED) is 0.243. The van der Waals surface area contributed by atoms with Crippen LogP contribution in [-0.2, 0) is 0 Å². The van der Waals surface area contributed by atoms with E-state index < -0.39 is 0 Å². The van der Waals surface area contributed by atoms with Crippen LogP contribution in [0.1, 0.15) is 0 Å². The molecule has 0 aliphatic heterocycles. The molecular formula is C33H20N2S. The molecule has 0 aliphatic rings. The van der Waals surface area contributed by atoms with Crippen LogP contribution >= 0.6 is 11.3 Å². The minimum atomic E-state index is 0.977. The molecule has 0 saturated carbocycles. The van der Waals surface area contributed by atoms with Crippen molar-refractivity contribution in [1.29, 1.82) is 0 Å². The number of fused-ring (bicyclic) bond motifs is 8. The number of thiophene rings is 1. The summed E-state index contributed by atoms with van der Waals surface area (Å²) in [6, 6.07) is 41.5. The van der Waals surface area contributed by atoms with Gasteiger partial charge in [0, 0.05) is 53.8 Å². The number of rotatable bonds is 2. The summed E-state index contributed by atoms with van der Waals surface area (Å²) < 4.78 is 5.09. The van der Waals surface area contributed by atoms with Crippen molar-refractivity contribution in [3.05, 3.63) is 121 Å². The summed E-state index contributed by atoms with van der Waals surface area (Å²) >= 11 is 1.87. The van der Waals surface area contributed by atoms with Crippen LogP contribution in [0.15, 0.2) is 121 Å². The lowest BCUT2D eigenvalue weighted by molar-refractivity contribution is 1.16. The van der Waals surface area contributed by atoms with E-state index in [9.17, 15) is 0 Å². The lowest BCUT2D eigenvalue weighted by Gasteiger charge is -2.11. The van der Waals surface area contributed by atoms with Crippen LogP contribution < -0.4 is 0 Å². The maximum atomic E-state index is 4.70. The largest absolute Gasteiger partial charge is 0.308 e. The highest BCUT2D eigenvalue weighted by molar-refractivity contribution is 7.25. The zero-order valence-corrected chi connectivity index (χ0v) is 20.2. The van der Waals surface area contributed by atoms with Crippen molar-refractivity contribution in [3.8, 4) is 16.9 Å². The molecule has 0 atom stereocenters. The van der Waals surface area contributed by atoms with Crippen LogP contribution in [0.4, 0.5) is 0 Å². The average Bonchev–Trinajstić information content (AvgIpc) is 3.48. The molecule has 3 heteroatoms. The normalized spacial score (nSPS) is 11.9. The molecule has 0 N–H and O–H groups in total. The van der Waals surface area contributed by atoms with Crippen molar-refractivity contribution in [2.45, 2.75) is 0 Å². The summed E-state index contributed by atoms with van der Waals surface area (Å²) in [5, 5.41) is 7.74. The molecule has 3 heterocycles. The predicted octanol–water partition coefficient (Wildman–Crippen LogP) is 9.37. The van der Waals surface area contributed by atoms with E-state index in [1.54, 1.807) is 0 Å². The van der Waals surface area contributed by atoms with Gasteiger partial charge in [-0.3, -0.25) is 4.98 Å². The van der Waals surface area contributed by atoms with Gasteiger partial charge in [0.15, 0.2) is 0 Å². The summed E-state index contributed by atoms with van der Waals surface area (Å²) in [7, 11) is 0. The van der Waals surface area contributed by atoms with Gasteiger partial charge in [-0.2, -0.15) is 0 Å². The van der Waals surface area contributed by atoms with E-state index in [2.05, 4.69) is 114 Å². The van der Waals surface area contributed by atoms with Gasteiger partial charge in [0.25, 0.3) is 0 Å². The Morgan fingerprint density at radius 3 is 2.28 bits per heavy atom. The molecule has 0 saturated heterocycles. The van der Waals surface area contributed by atoms with E-state index >= 15 is 0 Å². The Morgan fingerprint density at radius 1 is 0.556 bits per heavy atom. The van der Waals surface area contributed by atoms with Crippen molar-refractivity contribution >= 4 is 64.1 Å². The van der Waals surface area contributed by atoms with Gasteiger partial charge in [-0.25, -0.2) is 0 Å². The minimum Gasteiger partial charge on any atom is -0.308 e. The molecule has 168 valence electrons. The second kappa shape index (κ2) is 7.51. The van der Waals surface area contributed by atoms with Gasteiger partial charge in [0.2, 0.25) is 0 Å². The number of nitrogens with zero attached hydrogens (tertiary/aromatic N) is 2. The van der Waals surface area contributed by atoms with Crippen molar-refractivity contribution in [3.63, 3.8) is 0 Å². The number of para-hydroxylation sites is 1. The Bertz CT molecular complexity index is 2100. The highest BCUT2D eigenvalue weighted by Gasteiger charge is 2.17. The van der Waals surface area contributed by atoms with Crippen LogP contribution in [0.3, 0.4) is 0 Å². The molecule has 5 aromatic carbocycles. The summed E-state index contributed by atoms with van der Waals surface area (Å²) in [5.41, 5.74) is 5.68. The molecule has 0 spiro atoms. The van der Waals surface area contributed by atoms with Crippen LogP contribution in [0.5, 0.6) is 0 Å². The summed E-state index contributed by atoms with van der Waals surface area (Å²) in [4.78, 5) is 4.70. The van der Waals surface area contributed by atoms with Crippen molar-refractivity contribution < 1.29 is 0 Å². The van der Waals surface area contributed by atoms with Crippen molar-refractivity contribution in [2.24, 2.45) is 0 Å². The fourth-order valence-corrected chi connectivity index (χ4v) is 6.73. The fraction of sp³-hybridized carbons (Fsp3) is 0. The van der Waals surface area contributed by atoms with E-state index in [-0.39, 0.29) is 0 Å². The van der Waals surface area contributed by atoms with Crippen LogP contribution in [0.2, 0.25) is 0 Å². The van der Waals surface area contributed by atoms with E-state index in [0.717, 1.165) is 16.9 Å². The smallest absolute Gasteiger partial charge is 0.0722 e. The number of pyridine rings is 1. The molecule has 0 radical (unpaired) electrons. The molecule has 8 aromatic rings. The van der Waals surface area contributed by atoms with Crippen LogP contribution in [-0.4, -0.2) is 9.55 Å². The Morgan fingerprint density at radius 2 is 1.36 bits per heavy atom. The monoisotopic (exact) mass is 476 g/mol. The van der Waals surface area contributed by atoms with Crippen LogP contribution in [0.25, 0.3) is 69.7 Å². The summed E-state index contributed by atoms with van der Waals surface area (Å²) in [6.45, 7) is 0. The highest BCUT2D eigenvalue weighted by atomic mass is 32.1. The highest BCUT2D eigenvalue weighted by Crippen LogP contribution is 2.41. The molecule has 0 aliphatic carbocycles. The lowest BCUT2D eigenvalue weighted by Crippen LogP contribution is -1.96. The number of aromatic nitrogens is 2. The first-order valence-corrected chi connectivity index (χ1v) is 13.0. The molecule has 0 unspecified atom stereocenters. The van der Waals surface area contributed by atoms with Gasteiger partial charge in [0.1, 0.15) is 0 Å². The molecule has 2 nitrogen and oxygen atoms in total. The Labute approximate surface area is 211 Å². The fourth-order valence-electron chi connectivity index (χ4n) is 5.60. The van der Waals surface area contributed by atoms with E-state index in [0.29, 0.717) is 0 Å². The van der Waals surface area contributed by atoms with E-state index in [1.807, 2.05) is 23.6 Å². The zero-order valence-electron chi connectivity index (χ0n) is 19.3. The summed E-state index contributed by atoms with van der Waals surface area (Å²) in [6.07, 6.45) is 1.92. The van der Waals surface area contributed by atoms with Crippen molar-refractivity contribution in [2.75, 3.05) is 0 Å². The topological polar surface area (TPSA) is 17.8 Å². The van der Waals surface area contributed by atoms with Gasteiger partial charge in [0.05, 0.1) is 16.7 Å². The standard InChI is InChI=1S/C33H20N2S/c1-2-8-21(9-3-1)29-19-23(16-17-34-29)35-30-12-6-4-10-24(30)26-15-14-22-18-32-28(20-27(22)33(26)35)25-11-5-7-13-31(25)36-32/h1-20H. The van der Waals surface area contributed by atoms with Gasteiger partial charge in [-0.1, -0.05) is 78.9 Å². The molecule has 0 amide bonds. The Hall–Kier alpha value is -4.47. The maximum absolute atomic E-state index is 4.70. The third-order valence-corrected chi connectivity index (χ3v) is 8.35. The van der Waals surface area contributed by atoms with Gasteiger partial charge < -0.3 is 4.57 Å². The second-order valence-electron chi connectivity index (χ2n) is 9.25. The van der Waals surface area contributed by atoms with Crippen molar-refractivity contribution in [1.82, 2.24) is 9.55 Å². The number of hydrogen-bond acceptors (Lipinski definition) is 2. The maximum Gasteiger partial charge on any atom is 0.0722 e. The van der Waals surface area contributed by atoms with Gasteiger partial charge >= 0.3 is 0 Å². The third-order valence-electron chi connectivity index (χ3n) is 7.22. The first kappa shape index (κ1) is 19.8. The van der Waals surface area contributed by atoms with Gasteiger partial charge in [-0.05, 0) is 41.8 Å². The molecule has 0 bridgehead atoms. The predicted molar refractivity (Wildman–Crippen MR) is 154 cm³/mol. The number of hydrogen-bond donors (Lipinski definition) is 0. The molecule has 0 fully saturated rings. The molecular weight excluding hydrogens is 456 g/mol. The second-order valence-corrected chi connectivity index (χ2v) is 10.3. The zero-order chi connectivity index (χ0) is 23.6. The lowest BCUT2D eigenvalue weighted by atomic mass is 10.0. The third kappa shape index (κ3) is 2.81. The first-order valence-electron chi connectivity index (χ1n) is 12.1. The van der Waals surface area contributed by atoms with E-state index in [4.69, 9.17) is 4.98 Å². The molecule has 36 heavy (non-hydrogen) atoms. The minimum absolute atomic E-state index is 0.977. The SMILES string of the molecule is c1ccc(-c2cc(-n3c4ccccc4c4ccc5cc6sc7ccccc7c6cc5c43)ccn2)cc1. The van der Waals surface area contributed by atoms with Gasteiger partial charge in [-0.15, -0.1) is 11.3 Å².